The van der Waals surface area contributed by atoms with Crippen molar-refractivity contribution in [3.05, 3.63) is 0 Å². The Balaban J connectivity index is 2.06. The molecule has 1 heterocycles. The number of hydrogen-bond acceptors (Lipinski definition) is 3. The lowest BCUT2D eigenvalue weighted by Gasteiger charge is -2.22. The average molecular weight is 228 g/mol. The van der Waals surface area contributed by atoms with E-state index in [1.165, 1.54) is 0 Å². The fourth-order valence-electron chi connectivity index (χ4n) is 1.91. The Morgan fingerprint density at radius 3 is 2.94 bits per heavy atom. The number of carbonyl (C=O) groups is 1. The van der Waals surface area contributed by atoms with Gasteiger partial charge in [-0.1, -0.05) is 6.92 Å². The lowest BCUT2D eigenvalue weighted by Crippen LogP contribution is -2.51. The molecule has 94 valence electrons. The highest BCUT2D eigenvalue weighted by molar-refractivity contribution is 5.86. The summed E-state index contributed by atoms with van der Waals surface area (Å²) in [6.07, 6.45) is 3.96. The molecule has 1 fully saturated rings. The van der Waals surface area contributed by atoms with E-state index in [0.29, 0.717) is 6.54 Å². The maximum atomic E-state index is 11.8. The van der Waals surface area contributed by atoms with Gasteiger partial charge in [0.2, 0.25) is 5.91 Å². The summed E-state index contributed by atoms with van der Waals surface area (Å²) in [4.78, 5) is 11.8. The first-order valence-corrected chi connectivity index (χ1v) is 6.30. The normalized spacial score (nSPS) is 24.6. The topological polar surface area (TPSA) is 50.4 Å². The van der Waals surface area contributed by atoms with Crippen LogP contribution in [0.15, 0.2) is 0 Å². The van der Waals surface area contributed by atoms with Crippen LogP contribution in [0.3, 0.4) is 0 Å². The number of ether oxygens (including phenoxy) is 1. The molecule has 1 atom stereocenters. The van der Waals surface area contributed by atoms with Crippen molar-refractivity contribution in [2.75, 3.05) is 26.3 Å². The molecule has 4 heteroatoms. The van der Waals surface area contributed by atoms with Crippen molar-refractivity contribution in [1.29, 1.82) is 0 Å². The van der Waals surface area contributed by atoms with Gasteiger partial charge in [0, 0.05) is 19.8 Å². The van der Waals surface area contributed by atoms with Crippen LogP contribution in [0.4, 0.5) is 0 Å². The molecule has 0 radical (unpaired) electrons. The molecule has 4 nitrogen and oxygen atoms in total. The van der Waals surface area contributed by atoms with Crippen molar-refractivity contribution in [3.8, 4) is 0 Å². The molecule has 2 N–H and O–H groups in total. The summed E-state index contributed by atoms with van der Waals surface area (Å²) in [5, 5.41) is 6.21. The maximum absolute atomic E-state index is 11.8. The van der Waals surface area contributed by atoms with Gasteiger partial charge in [0.15, 0.2) is 0 Å². The number of amides is 1. The van der Waals surface area contributed by atoms with E-state index in [0.717, 1.165) is 45.4 Å². The molecular formula is C12H24N2O2. The van der Waals surface area contributed by atoms with Crippen LogP contribution in [0.25, 0.3) is 0 Å². The Bertz CT molecular complexity index is 213. The smallest absolute Gasteiger partial charge is 0.240 e. The minimum Gasteiger partial charge on any atom is -0.381 e. The van der Waals surface area contributed by atoms with E-state index in [-0.39, 0.29) is 11.4 Å². The molecule has 1 saturated heterocycles. The first-order chi connectivity index (χ1) is 7.69. The number of rotatable bonds is 7. The van der Waals surface area contributed by atoms with Crippen molar-refractivity contribution < 1.29 is 9.53 Å². The van der Waals surface area contributed by atoms with Crippen LogP contribution >= 0.6 is 0 Å². The average Bonchev–Trinajstić information content (AvgIpc) is 2.71. The molecule has 0 aromatic rings. The number of hydrogen-bond donors (Lipinski definition) is 2. The van der Waals surface area contributed by atoms with E-state index in [1.54, 1.807) is 0 Å². The van der Waals surface area contributed by atoms with Gasteiger partial charge in [-0.05, 0) is 39.2 Å². The Morgan fingerprint density at radius 1 is 1.50 bits per heavy atom. The lowest BCUT2D eigenvalue weighted by molar-refractivity contribution is -0.126. The zero-order chi connectivity index (χ0) is 11.9. The van der Waals surface area contributed by atoms with Crippen LogP contribution < -0.4 is 10.6 Å². The second-order valence-electron chi connectivity index (χ2n) is 4.58. The molecule has 0 spiro atoms. The summed E-state index contributed by atoms with van der Waals surface area (Å²) in [7, 11) is 0. The summed E-state index contributed by atoms with van der Waals surface area (Å²) < 4.78 is 5.35. The highest BCUT2D eigenvalue weighted by Gasteiger charge is 2.35. The largest absolute Gasteiger partial charge is 0.381 e. The SMILES string of the molecule is CCCOCCCNC(=O)C1(C)CCCN1. The van der Waals surface area contributed by atoms with Crippen LogP contribution in [0.5, 0.6) is 0 Å². The van der Waals surface area contributed by atoms with Gasteiger partial charge in [-0.25, -0.2) is 0 Å². The summed E-state index contributed by atoms with van der Waals surface area (Å²) in [6.45, 7) is 7.27. The van der Waals surface area contributed by atoms with Gasteiger partial charge >= 0.3 is 0 Å². The van der Waals surface area contributed by atoms with Crippen molar-refractivity contribution >= 4 is 5.91 Å². The Morgan fingerprint density at radius 2 is 2.31 bits per heavy atom. The molecule has 0 aromatic heterocycles. The van der Waals surface area contributed by atoms with E-state index in [4.69, 9.17) is 4.74 Å². The molecule has 1 aliphatic heterocycles. The Labute approximate surface area is 98.1 Å². The van der Waals surface area contributed by atoms with Gasteiger partial charge in [0.25, 0.3) is 0 Å². The lowest BCUT2D eigenvalue weighted by atomic mass is 9.99. The number of nitrogens with one attached hydrogen (secondary N) is 2. The molecule has 1 aliphatic rings. The van der Waals surface area contributed by atoms with Crippen LogP contribution in [-0.2, 0) is 9.53 Å². The second kappa shape index (κ2) is 6.86. The van der Waals surface area contributed by atoms with E-state index < -0.39 is 0 Å². The first kappa shape index (κ1) is 13.5. The summed E-state index contributed by atoms with van der Waals surface area (Å²) in [5.74, 6) is 0.125. The van der Waals surface area contributed by atoms with Gasteiger partial charge in [0.1, 0.15) is 0 Å². The Hall–Kier alpha value is -0.610. The predicted molar refractivity (Wildman–Crippen MR) is 64.4 cm³/mol. The molecule has 0 bridgehead atoms. The van der Waals surface area contributed by atoms with E-state index in [2.05, 4.69) is 17.6 Å². The zero-order valence-electron chi connectivity index (χ0n) is 10.5. The van der Waals surface area contributed by atoms with E-state index >= 15 is 0 Å². The van der Waals surface area contributed by atoms with Gasteiger partial charge in [-0.15, -0.1) is 0 Å². The second-order valence-corrected chi connectivity index (χ2v) is 4.58. The zero-order valence-corrected chi connectivity index (χ0v) is 10.5. The van der Waals surface area contributed by atoms with Crippen molar-refractivity contribution in [2.45, 2.75) is 45.1 Å². The molecule has 16 heavy (non-hydrogen) atoms. The third-order valence-electron chi connectivity index (χ3n) is 2.97. The number of carbonyl (C=O) groups excluding carboxylic acids is 1. The van der Waals surface area contributed by atoms with Crippen LogP contribution in [0.1, 0.15) is 39.5 Å². The fraction of sp³-hybridized carbons (Fsp3) is 0.917. The monoisotopic (exact) mass is 228 g/mol. The van der Waals surface area contributed by atoms with Crippen molar-refractivity contribution in [1.82, 2.24) is 10.6 Å². The molecule has 1 amide bonds. The van der Waals surface area contributed by atoms with Crippen LogP contribution in [0, 0.1) is 0 Å². The van der Waals surface area contributed by atoms with E-state index in [1.807, 2.05) is 6.92 Å². The summed E-state index contributed by atoms with van der Waals surface area (Å²) in [6, 6.07) is 0. The molecule has 0 aliphatic carbocycles. The third kappa shape index (κ3) is 4.10. The van der Waals surface area contributed by atoms with Crippen molar-refractivity contribution in [3.63, 3.8) is 0 Å². The summed E-state index contributed by atoms with van der Waals surface area (Å²) in [5.41, 5.74) is -0.343. The van der Waals surface area contributed by atoms with Gasteiger partial charge in [-0.2, -0.15) is 0 Å². The van der Waals surface area contributed by atoms with Crippen LogP contribution in [0.2, 0.25) is 0 Å². The third-order valence-corrected chi connectivity index (χ3v) is 2.97. The standard InChI is InChI=1S/C12H24N2O2/c1-3-9-16-10-5-7-13-11(15)12(2)6-4-8-14-12/h14H,3-10H2,1-2H3,(H,13,15). The molecular weight excluding hydrogens is 204 g/mol. The fourth-order valence-corrected chi connectivity index (χ4v) is 1.91. The first-order valence-electron chi connectivity index (χ1n) is 6.30. The highest BCUT2D eigenvalue weighted by atomic mass is 16.5. The highest BCUT2D eigenvalue weighted by Crippen LogP contribution is 2.18. The molecule has 1 rings (SSSR count). The van der Waals surface area contributed by atoms with Crippen LogP contribution in [-0.4, -0.2) is 37.7 Å². The van der Waals surface area contributed by atoms with Crippen molar-refractivity contribution in [2.24, 2.45) is 0 Å². The predicted octanol–water partition coefficient (Wildman–Crippen LogP) is 1.06. The minimum atomic E-state index is -0.343. The molecule has 1 unspecified atom stereocenters. The minimum absolute atomic E-state index is 0.125. The Kier molecular flexibility index (Phi) is 5.77. The molecule has 0 saturated carbocycles. The van der Waals surface area contributed by atoms with Gasteiger partial charge in [-0.3, -0.25) is 4.79 Å². The van der Waals surface area contributed by atoms with E-state index in [9.17, 15) is 4.79 Å². The quantitative estimate of drug-likeness (QED) is 0.641. The van der Waals surface area contributed by atoms with Gasteiger partial charge in [0.05, 0.1) is 5.54 Å². The maximum Gasteiger partial charge on any atom is 0.240 e. The van der Waals surface area contributed by atoms with Gasteiger partial charge < -0.3 is 15.4 Å². The molecule has 0 aromatic carbocycles. The summed E-state index contributed by atoms with van der Waals surface area (Å²) >= 11 is 0.